The monoisotopic (exact) mass is 332 g/mol. The first-order valence-corrected chi connectivity index (χ1v) is 8.86. The molecule has 0 aromatic heterocycles. The van der Waals surface area contributed by atoms with E-state index in [9.17, 15) is 4.79 Å². The van der Waals surface area contributed by atoms with E-state index in [1.807, 2.05) is 18.2 Å². The molecule has 3 rings (SSSR count). The number of urea groups is 1. The minimum atomic E-state index is -0.106. The highest BCUT2D eigenvalue weighted by Crippen LogP contribution is 2.51. The van der Waals surface area contributed by atoms with Crippen LogP contribution in [-0.4, -0.2) is 44.5 Å². The summed E-state index contributed by atoms with van der Waals surface area (Å²) < 4.78 is 11.3. The van der Waals surface area contributed by atoms with Crippen molar-refractivity contribution < 1.29 is 14.3 Å². The fourth-order valence-corrected chi connectivity index (χ4v) is 3.98. The third-order valence-corrected chi connectivity index (χ3v) is 5.30. The van der Waals surface area contributed by atoms with E-state index in [0.29, 0.717) is 31.8 Å². The molecule has 0 spiro atoms. The molecule has 2 amide bonds. The number of benzene rings is 1. The van der Waals surface area contributed by atoms with E-state index < -0.39 is 0 Å². The van der Waals surface area contributed by atoms with Gasteiger partial charge in [0.05, 0.1) is 19.3 Å². The van der Waals surface area contributed by atoms with E-state index in [0.717, 1.165) is 19.4 Å². The second-order valence-corrected chi connectivity index (χ2v) is 7.29. The summed E-state index contributed by atoms with van der Waals surface area (Å²) >= 11 is 0. The zero-order chi connectivity index (χ0) is 17.0. The molecule has 1 saturated heterocycles. The van der Waals surface area contributed by atoms with Crippen molar-refractivity contribution >= 4 is 6.03 Å². The minimum Gasteiger partial charge on any atom is -0.379 e. The van der Waals surface area contributed by atoms with Gasteiger partial charge in [0.15, 0.2) is 0 Å². The van der Waals surface area contributed by atoms with E-state index in [-0.39, 0.29) is 17.5 Å². The van der Waals surface area contributed by atoms with Gasteiger partial charge < -0.3 is 20.1 Å². The second kappa shape index (κ2) is 7.53. The largest absolute Gasteiger partial charge is 0.379 e. The van der Waals surface area contributed by atoms with E-state index in [1.165, 1.54) is 5.56 Å². The Balaban J connectivity index is 1.28. The van der Waals surface area contributed by atoms with E-state index in [1.54, 1.807) is 0 Å². The SMILES string of the molecule is CC1(C)[C@H](NC(=O)NCCOCCc2ccccc2)[C@H]2CCO[C@@H]21. The summed E-state index contributed by atoms with van der Waals surface area (Å²) in [6, 6.07) is 10.3. The van der Waals surface area contributed by atoms with Gasteiger partial charge >= 0.3 is 6.03 Å². The molecule has 1 aromatic rings. The van der Waals surface area contributed by atoms with Crippen LogP contribution in [0.5, 0.6) is 0 Å². The minimum absolute atomic E-state index is 0.0185. The van der Waals surface area contributed by atoms with Gasteiger partial charge in [-0.2, -0.15) is 0 Å². The standard InChI is InChI=1S/C19H28N2O3/c1-19(2)16(15-9-12-24-17(15)19)21-18(22)20-10-13-23-11-8-14-6-4-3-5-7-14/h3-7,15-17H,8-13H2,1-2H3,(H2,20,21,22)/t15-,16-,17+/m1/s1. The summed E-state index contributed by atoms with van der Waals surface area (Å²) in [5.74, 6) is 0.466. The van der Waals surface area contributed by atoms with Crippen LogP contribution in [0.1, 0.15) is 25.8 Å². The lowest BCUT2D eigenvalue weighted by Crippen LogP contribution is -2.67. The number of carbonyl (C=O) groups excluding carboxylic acids is 1. The van der Waals surface area contributed by atoms with Gasteiger partial charge in [0.25, 0.3) is 0 Å². The number of rotatable bonds is 7. The van der Waals surface area contributed by atoms with Crippen LogP contribution in [0.2, 0.25) is 0 Å². The van der Waals surface area contributed by atoms with Crippen LogP contribution in [0.15, 0.2) is 30.3 Å². The fraction of sp³-hybridized carbons (Fsp3) is 0.632. The summed E-state index contributed by atoms with van der Waals surface area (Å²) in [7, 11) is 0. The molecule has 1 saturated carbocycles. The third kappa shape index (κ3) is 3.73. The average molecular weight is 332 g/mol. The molecule has 5 heteroatoms. The molecule has 0 bridgehead atoms. The molecule has 5 nitrogen and oxygen atoms in total. The van der Waals surface area contributed by atoms with Gasteiger partial charge in [-0.1, -0.05) is 44.2 Å². The van der Waals surface area contributed by atoms with Crippen molar-refractivity contribution in [1.29, 1.82) is 0 Å². The Bertz CT molecular complexity index is 547. The molecule has 1 aromatic carbocycles. The van der Waals surface area contributed by atoms with Crippen molar-refractivity contribution in [2.24, 2.45) is 11.3 Å². The molecular weight excluding hydrogens is 304 g/mol. The summed E-state index contributed by atoms with van der Waals surface area (Å²) in [6.45, 7) is 6.87. The molecule has 0 radical (unpaired) electrons. The first-order valence-electron chi connectivity index (χ1n) is 8.86. The Hall–Kier alpha value is -1.59. The summed E-state index contributed by atoms with van der Waals surface area (Å²) in [5.41, 5.74) is 1.29. The lowest BCUT2D eigenvalue weighted by atomic mass is 9.57. The third-order valence-electron chi connectivity index (χ3n) is 5.30. The van der Waals surface area contributed by atoms with Crippen LogP contribution < -0.4 is 10.6 Å². The van der Waals surface area contributed by atoms with Crippen molar-refractivity contribution in [3.63, 3.8) is 0 Å². The van der Waals surface area contributed by atoms with Gasteiger partial charge in [-0.3, -0.25) is 0 Å². The zero-order valence-corrected chi connectivity index (χ0v) is 14.6. The average Bonchev–Trinajstić information content (AvgIpc) is 3.04. The van der Waals surface area contributed by atoms with E-state index in [4.69, 9.17) is 9.47 Å². The predicted molar refractivity (Wildman–Crippen MR) is 92.9 cm³/mol. The number of ether oxygens (including phenoxy) is 2. The van der Waals surface area contributed by atoms with Gasteiger partial charge in [0.1, 0.15) is 0 Å². The maximum absolute atomic E-state index is 12.1. The quantitative estimate of drug-likeness (QED) is 0.754. The summed E-state index contributed by atoms with van der Waals surface area (Å²) in [4.78, 5) is 12.1. The Morgan fingerprint density at radius 2 is 2.08 bits per heavy atom. The van der Waals surface area contributed by atoms with Crippen LogP contribution in [0, 0.1) is 11.3 Å². The summed E-state index contributed by atoms with van der Waals surface area (Å²) in [5, 5.41) is 5.99. The molecule has 24 heavy (non-hydrogen) atoms. The number of nitrogens with one attached hydrogen (secondary N) is 2. The second-order valence-electron chi connectivity index (χ2n) is 7.29. The van der Waals surface area contributed by atoms with Crippen LogP contribution in [-0.2, 0) is 15.9 Å². The molecule has 0 unspecified atom stereocenters. The van der Waals surface area contributed by atoms with Gasteiger partial charge in [0.2, 0.25) is 0 Å². The highest BCUT2D eigenvalue weighted by atomic mass is 16.5. The topological polar surface area (TPSA) is 59.6 Å². The maximum atomic E-state index is 12.1. The highest BCUT2D eigenvalue weighted by molar-refractivity contribution is 5.74. The van der Waals surface area contributed by atoms with Gasteiger partial charge in [-0.25, -0.2) is 4.79 Å². The smallest absolute Gasteiger partial charge is 0.315 e. The van der Waals surface area contributed by atoms with Crippen LogP contribution >= 0.6 is 0 Å². The van der Waals surface area contributed by atoms with Crippen molar-refractivity contribution in [2.45, 2.75) is 38.8 Å². The van der Waals surface area contributed by atoms with E-state index >= 15 is 0 Å². The molecule has 3 atom stereocenters. The normalized spacial score (nSPS) is 27.2. The number of amides is 2. The van der Waals surface area contributed by atoms with Crippen molar-refractivity contribution in [3.8, 4) is 0 Å². The first kappa shape index (κ1) is 17.2. The number of fused-ring (bicyclic) bond motifs is 1. The zero-order valence-electron chi connectivity index (χ0n) is 14.6. The lowest BCUT2D eigenvalue weighted by molar-refractivity contribution is -0.108. The summed E-state index contributed by atoms with van der Waals surface area (Å²) in [6.07, 6.45) is 2.23. The van der Waals surface area contributed by atoms with Crippen LogP contribution in [0.25, 0.3) is 0 Å². The molecule has 1 aliphatic heterocycles. The maximum Gasteiger partial charge on any atom is 0.315 e. The van der Waals surface area contributed by atoms with Gasteiger partial charge in [-0.15, -0.1) is 0 Å². The number of hydrogen-bond acceptors (Lipinski definition) is 3. The first-order chi connectivity index (χ1) is 11.6. The van der Waals surface area contributed by atoms with E-state index in [2.05, 4.69) is 36.6 Å². The van der Waals surface area contributed by atoms with Crippen LogP contribution in [0.4, 0.5) is 4.79 Å². The molecule has 1 aliphatic carbocycles. The van der Waals surface area contributed by atoms with Crippen molar-refractivity contribution in [1.82, 2.24) is 10.6 Å². The molecule has 2 N–H and O–H groups in total. The predicted octanol–water partition coefficient (Wildman–Crippen LogP) is 2.36. The molecule has 2 aliphatic rings. The van der Waals surface area contributed by atoms with Crippen molar-refractivity contribution in [3.05, 3.63) is 35.9 Å². The van der Waals surface area contributed by atoms with Crippen molar-refractivity contribution in [2.75, 3.05) is 26.4 Å². The van der Waals surface area contributed by atoms with Crippen LogP contribution in [0.3, 0.4) is 0 Å². The Morgan fingerprint density at radius 1 is 1.29 bits per heavy atom. The van der Waals surface area contributed by atoms with Gasteiger partial charge in [0, 0.05) is 30.5 Å². The van der Waals surface area contributed by atoms with Gasteiger partial charge in [-0.05, 0) is 18.4 Å². The lowest BCUT2D eigenvalue weighted by Gasteiger charge is -2.54. The number of carbonyl (C=O) groups is 1. The molecule has 132 valence electrons. The number of hydrogen-bond donors (Lipinski definition) is 2. The Kier molecular flexibility index (Phi) is 5.41. The highest BCUT2D eigenvalue weighted by Gasteiger charge is 2.59. The Morgan fingerprint density at radius 3 is 2.88 bits per heavy atom. The molecule has 2 fully saturated rings. The molecular formula is C19H28N2O3. The fourth-order valence-electron chi connectivity index (χ4n) is 3.98. The Labute approximate surface area is 144 Å². The molecule has 1 heterocycles.